The van der Waals surface area contributed by atoms with Gasteiger partial charge in [-0.05, 0) is 43.7 Å². The van der Waals surface area contributed by atoms with Gasteiger partial charge in [-0.3, -0.25) is 9.59 Å². The van der Waals surface area contributed by atoms with E-state index >= 15 is 0 Å². The second kappa shape index (κ2) is 7.27. The number of hydrazone groups is 2. The lowest BCUT2D eigenvalue weighted by molar-refractivity contribution is -0.139. The number of benzene rings is 3. The Hall–Kier alpha value is -4.06. The Bertz CT molecular complexity index is 1370. The molecule has 0 bridgehead atoms. The first-order chi connectivity index (χ1) is 15.4. The molecule has 0 radical (unpaired) electrons. The Morgan fingerprint density at radius 1 is 0.969 bits per heavy atom. The molecule has 6 nitrogen and oxygen atoms in total. The van der Waals surface area contributed by atoms with Crippen LogP contribution in [0.25, 0.3) is 10.8 Å². The van der Waals surface area contributed by atoms with Gasteiger partial charge in [-0.25, -0.2) is 5.01 Å². The van der Waals surface area contributed by atoms with Crippen LogP contribution in [0.2, 0.25) is 0 Å². The van der Waals surface area contributed by atoms with Gasteiger partial charge in [0.1, 0.15) is 0 Å². The van der Waals surface area contributed by atoms with Crippen LogP contribution in [0.1, 0.15) is 31.9 Å². The fraction of sp³-hybridized carbons (Fsp3) is 0.154. The molecule has 0 aliphatic carbocycles. The molecule has 0 saturated heterocycles. The summed E-state index contributed by atoms with van der Waals surface area (Å²) in [6.07, 6.45) is 3.11. The molecule has 0 fully saturated rings. The third-order valence-corrected chi connectivity index (χ3v) is 5.85. The molecule has 1 unspecified atom stereocenters. The molecule has 3 aromatic rings. The summed E-state index contributed by atoms with van der Waals surface area (Å²) in [5, 5.41) is 13.8. The van der Waals surface area contributed by atoms with Crippen LogP contribution in [0.5, 0.6) is 0 Å². The molecule has 3 aromatic carbocycles. The second-order valence-electron chi connectivity index (χ2n) is 8.25. The minimum absolute atomic E-state index is 0.329. The van der Waals surface area contributed by atoms with Crippen molar-refractivity contribution in [2.24, 2.45) is 10.2 Å². The van der Waals surface area contributed by atoms with Gasteiger partial charge in [0, 0.05) is 17.2 Å². The molecule has 1 atom stereocenters. The van der Waals surface area contributed by atoms with E-state index in [4.69, 9.17) is 0 Å². The molecule has 0 aromatic heterocycles. The SMILES string of the molecule is CC(C)=CC(=O)N1N=Cc2ccccc2C12C(=O)N(c1ccc3ccccc3c1)N=C2C. The van der Waals surface area contributed by atoms with Crippen molar-refractivity contribution >= 4 is 40.2 Å². The summed E-state index contributed by atoms with van der Waals surface area (Å²) in [6.45, 7) is 5.45. The average Bonchev–Trinajstić information content (AvgIpc) is 3.04. The van der Waals surface area contributed by atoms with Gasteiger partial charge in [-0.2, -0.15) is 15.2 Å². The van der Waals surface area contributed by atoms with Crippen LogP contribution in [-0.4, -0.2) is 28.7 Å². The maximum absolute atomic E-state index is 14.1. The predicted molar refractivity (Wildman–Crippen MR) is 127 cm³/mol. The Balaban J connectivity index is 1.69. The topological polar surface area (TPSA) is 65.3 Å². The van der Waals surface area contributed by atoms with Crippen molar-refractivity contribution in [3.8, 4) is 0 Å². The lowest BCUT2D eigenvalue weighted by Gasteiger charge is -2.39. The number of carbonyl (C=O) groups excluding carboxylic acids is 2. The van der Waals surface area contributed by atoms with Gasteiger partial charge < -0.3 is 0 Å². The molecule has 32 heavy (non-hydrogen) atoms. The van der Waals surface area contributed by atoms with Crippen LogP contribution in [0.15, 0.2) is 88.6 Å². The highest BCUT2D eigenvalue weighted by Gasteiger charge is 2.59. The number of fused-ring (bicyclic) bond motifs is 3. The molecule has 0 saturated carbocycles. The number of amides is 2. The van der Waals surface area contributed by atoms with Gasteiger partial charge in [0.2, 0.25) is 5.54 Å². The van der Waals surface area contributed by atoms with E-state index in [-0.39, 0.29) is 11.8 Å². The first kappa shape index (κ1) is 19.9. The van der Waals surface area contributed by atoms with E-state index < -0.39 is 5.54 Å². The number of carbonyl (C=O) groups is 2. The molecule has 1 spiro atoms. The monoisotopic (exact) mass is 422 g/mol. The Kier molecular flexibility index (Phi) is 4.51. The second-order valence-corrected chi connectivity index (χ2v) is 8.25. The first-order valence-corrected chi connectivity index (χ1v) is 10.4. The van der Waals surface area contributed by atoms with Crippen molar-refractivity contribution in [1.29, 1.82) is 0 Å². The van der Waals surface area contributed by atoms with E-state index in [1.807, 2.05) is 80.6 Å². The molecule has 6 heteroatoms. The molecule has 2 aliphatic rings. The van der Waals surface area contributed by atoms with E-state index in [9.17, 15) is 9.59 Å². The van der Waals surface area contributed by atoms with Crippen molar-refractivity contribution in [2.45, 2.75) is 26.3 Å². The number of hydrogen-bond acceptors (Lipinski definition) is 4. The maximum atomic E-state index is 14.1. The van der Waals surface area contributed by atoms with Gasteiger partial charge in [-0.1, -0.05) is 60.2 Å². The zero-order valence-electron chi connectivity index (χ0n) is 18.1. The van der Waals surface area contributed by atoms with E-state index in [2.05, 4.69) is 10.2 Å². The van der Waals surface area contributed by atoms with Gasteiger partial charge in [0.05, 0.1) is 17.6 Å². The molecule has 0 N–H and O–H groups in total. The van der Waals surface area contributed by atoms with Crippen LogP contribution in [-0.2, 0) is 15.1 Å². The van der Waals surface area contributed by atoms with Crippen LogP contribution in [0.3, 0.4) is 0 Å². The number of anilines is 1. The third-order valence-electron chi connectivity index (χ3n) is 5.85. The first-order valence-electron chi connectivity index (χ1n) is 10.4. The average molecular weight is 422 g/mol. The zero-order valence-corrected chi connectivity index (χ0v) is 18.1. The molecule has 2 aliphatic heterocycles. The van der Waals surface area contributed by atoms with E-state index in [0.29, 0.717) is 17.0 Å². The highest BCUT2D eigenvalue weighted by molar-refractivity contribution is 6.25. The molecular formula is C26H22N4O2. The highest BCUT2D eigenvalue weighted by Crippen LogP contribution is 2.43. The van der Waals surface area contributed by atoms with Crippen LogP contribution < -0.4 is 5.01 Å². The smallest absolute Gasteiger partial charge is 0.269 e. The summed E-state index contributed by atoms with van der Waals surface area (Å²) in [5.41, 5.74) is 2.02. The molecule has 5 rings (SSSR count). The lowest BCUT2D eigenvalue weighted by atomic mass is 9.80. The standard InChI is InChI=1S/C26H22N4O2/c1-17(2)14-24(31)30-26(23-11-7-6-10-21(23)16-27-30)18(3)28-29(25(26)32)22-13-12-19-8-4-5-9-20(19)15-22/h4-16H,1-3H3. The summed E-state index contributed by atoms with van der Waals surface area (Å²) in [6, 6.07) is 21.2. The highest BCUT2D eigenvalue weighted by atomic mass is 16.2. The quantitative estimate of drug-likeness (QED) is 0.567. The summed E-state index contributed by atoms with van der Waals surface area (Å²) >= 11 is 0. The molecular weight excluding hydrogens is 400 g/mol. The number of nitrogens with zero attached hydrogens (tertiary/aromatic N) is 4. The number of allylic oxidation sites excluding steroid dienone is 1. The van der Waals surface area contributed by atoms with Crippen molar-refractivity contribution < 1.29 is 9.59 Å². The zero-order chi connectivity index (χ0) is 22.5. The summed E-state index contributed by atoms with van der Waals surface area (Å²) in [4.78, 5) is 27.3. The van der Waals surface area contributed by atoms with Gasteiger partial charge in [0.15, 0.2) is 0 Å². The van der Waals surface area contributed by atoms with Crippen LogP contribution >= 0.6 is 0 Å². The fourth-order valence-corrected chi connectivity index (χ4v) is 4.40. The van der Waals surface area contributed by atoms with E-state index in [0.717, 1.165) is 21.9 Å². The van der Waals surface area contributed by atoms with Gasteiger partial charge >= 0.3 is 0 Å². The van der Waals surface area contributed by atoms with Crippen LogP contribution in [0, 0.1) is 0 Å². The maximum Gasteiger partial charge on any atom is 0.286 e. The Morgan fingerprint density at radius 3 is 2.47 bits per heavy atom. The Labute approximate surface area is 186 Å². The van der Waals surface area contributed by atoms with Crippen LogP contribution in [0.4, 0.5) is 5.69 Å². The fourth-order valence-electron chi connectivity index (χ4n) is 4.40. The summed E-state index contributed by atoms with van der Waals surface area (Å²) < 4.78 is 0. The van der Waals surface area contributed by atoms with Gasteiger partial charge in [-0.15, -0.1) is 0 Å². The van der Waals surface area contributed by atoms with E-state index in [1.54, 1.807) is 13.1 Å². The van der Waals surface area contributed by atoms with Crippen molar-refractivity contribution in [3.05, 3.63) is 89.5 Å². The molecule has 158 valence electrons. The predicted octanol–water partition coefficient (Wildman–Crippen LogP) is 4.60. The minimum Gasteiger partial charge on any atom is -0.269 e. The van der Waals surface area contributed by atoms with Crippen molar-refractivity contribution in [2.75, 3.05) is 5.01 Å². The summed E-state index contributed by atoms with van der Waals surface area (Å²) in [5.74, 6) is -0.691. The lowest BCUT2D eigenvalue weighted by Crippen LogP contribution is -2.58. The van der Waals surface area contributed by atoms with Gasteiger partial charge in [0.25, 0.3) is 11.8 Å². The summed E-state index contributed by atoms with van der Waals surface area (Å²) in [7, 11) is 0. The largest absolute Gasteiger partial charge is 0.286 e. The number of rotatable bonds is 2. The van der Waals surface area contributed by atoms with Crippen molar-refractivity contribution in [3.63, 3.8) is 0 Å². The normalized spacial score (nSPS) is 19.3. The van der Waals surface area contributed by atoms with E-state index in [1.165, 1.54) is 16.1 Å². The Morgan fingerprint density at radius 2 is 1.69 bits per heavy atom. The number of hydrogen-bond donors (Lipinski definition) is 0. The molecule has 2 amide bonds. The third kappa shape index (κ3) is 2.80. The van der Waals surface area contributed by atoms with Crippen molar-refractivity contribution in [1.82, 2.24) is 5.01 Å². The molecule has 2 heterocycles. The minimum atomic E-state index is -1.43.